The summed E-state index contributed by atoms with van der Waals surface area (Å²) in [5.41, 5.74) is 2.43. The van der Waals surface area contributed by atoms with Crippen molar-refractivity contribution in [2.45, 2.75) is 53.0 Å². The predicted octanol–water partition coefficient (Wildman–Crippen LogP) is 3.47. The molecule has 1 amide bonds. The molecule has 4 heteroatoms. The van der Waals surface area contributed by atoms with Crippen LogP contribution in [0.1, 0.15) is 56.1 Å². The number of pyridine rings is 1. The van der Waals surface area contributed by atoms with Gasteiger partial charge < -0.3 is 10.2 Å². The number of carbonyl (C=O) groups is 1. The third-order valence-corrected chi connectivity index (χ3v) is 3.68. The molecule has 0 saturated carbocycles. The number of anilines is 1. The van der Waals surface area contributed by atoms with Crippen LogP contribution in [0, 0.1) is 6.92 Å². The van der Waals surface area contributed by atoms with Crippen molar-refractivity contribution < 1.29 is 4.79 Å². The van der Waals surface area contributed by atoms with Gasteiger partial charge in [0.15, 0.2) is 0 Å². The monoisotopic (exact) mass is 277 g/mol. The SMILES string of the molecule is CCCCN(C(=O)c1cnc(C)cc1NC)C(C)CC. The first-order valence-electron chi connectivity index (χ1n) is 7.50. The van der Waals surface area contributed by atoms with Crippen LogP contribution < -0.4 is 5.32 Å². The van der Waals surface area contributed by atoms with E-state index in [4.69, 9.17) is 0 Å². The fraction of sp³-hybridized carbons (Fsp3) is 0.625. The van der Waals surface area contributed by atoms with E-state index in [0.29, 0.717) is 5.56 Å². The lowest BCUT2D eigenvalue weighted by Gasteiger charge is -2.29. The molecule has 0 aliphatic carbocycles. The number of rotatable bonds is 7. The minimum Gasteiger partial charge on any atom is -0.387 e. The van der Waals surface area contributed by atoms with Gasteiger partial charge in [-0.2, -0.15) is 0 Å². The number of aryl methyl sites for hydroxylation is 1. The molecule has 1 heterocycles. The van der Waals surface area contributed by atoms with Crippen molar-refractivity contribution >= 4 is 11.6 Å². The maximum Gasteiger partial charge on any atom is 0.257 e. The summed E-state index contributed by atoms with van der Waals surface area (Å²) in [5, 5.41) is 3.10. The Balaban J connectivity index is 3.04. The van der Waals surface area contributed by atoms with Crippen molar-refractivity contribution in [2.75, 3.05) is 18.9 Å². The number of amides is 1. The van der Waals surface area contributed by atoms with Crippen LogP contribution in [0.4, 0.5) is 5.69 Å². The van der Waals surface area contributed by atoms with Crippen molar-refractivity contribution in [1.82, 2.24) is 9.88 Å². The van der Waals surface area contributed by atoms with E-state index in [2.05, 4.69) is 31.1 Å². The summed E-state index contributed by atoms with van der Waals surface area (Å²) in [5.74, 6) is 0.0738. The second-order valence-corrected chi connectivity index (χ2v) is 5.23. The van der Waals surface area contributed by atoms with Gasteiger partial charge in [0, 0.05) is 31.5 Å². The van der Waals surface area contributed by atoms with E-state index in [9.17, 15) is 4.79 Å². The van der Waals surface area contributed by atoms with Crippen LogP contribution in [0.25, 0.3) is 0 Å². The zero-order valence-corrected chi connectivity index (χ0v) is 13.4. The van der Waals surface area contributed by atoms with Gasteiger partial charge in [-0.1, -0.05) is 20.3 Å². The lowest BCUT2D eigenvalue weighted by atomic mass is 10.1. The van der Waals surface area contributed by atoms with Crippen LogP contribution >= 0.6 is 0 Å². The third-order valence-electron chi connectivity index (χ3n) is 3.68. The molecule has 0 aromatic carbocycles. The first-order valence-corrected chi connectivity index (χ1v) is 7.50. The third kappa shape index (κ3) is 3.95. The smallest absolute Gasteiger partial charge is 0.257 e. The molecule has 1 rings (SSSR count). The molecule has 0 aliphatic heterocycles. The number of aromatic nitrogens is 1. The highest BCUT2D eigenvalue weighted by molar-refractivity contribution is 5.99. The van der Waals surface area contributed by atoms with Gasteiger partial charge in [0.25, 0.3) is 5.91 Å². The number of nitrogens with zero attached hydrogens (tertiary/aromatic N) is 2. The van der Waals surface area contributed by atoms with Crippen LogP contribution in [0.5, 0.6) is 0 Å². The van der Waals surface area contributed by atoms with Crippen molar-refractivity contribution in [2.24, 2.45) is 0 Å². The summed E-state index contributed by atoms with van der Waals surface area (Å²) < 4.78 is 0. The van der Waals surface area contributed by atoms with E-state index < -0.39 is 0 Å². The summed E-state index contributed by atoms with van der Waals surface area (Å²) in [6.45, 7) is 9.10. The Hall–Kier alpha value is -1.58. The molecule has 0 aliphatic rings. The first-order chi connectivity index (χ1) is 9.54. The maximum atomic E-state index is 12.8. The first kappa shape index (κ1) is 16.5. The minimum atomic E-state index is 0.0738. The van der Waals surface area contributed by atoms with Crippen molar-refractivity contribution in [3.8, 4) is 0 Å². The molecular formula is C16H27N3O. The van der Waals surface area contributed by atoms with Gasteiger partial charge in [-0.05, 0) is 32.8 Å². The van der Waals surface area contributed by atoms with Gasteiger partial charge >= 0.3 is 0 Å². The second-order valence-electron chi connectivity index (χ2n) is 5.23. The molecule has 1 aromatic heterocycles. The predicted molar refractivity (Wildman–Crippen MR) is 84.2 cm³/mol. The van der Waals surface area contributed by atoms with Gasteiger partial charge in [-0.3, -0.25) is 9.78 Å². The average Bonchev–Trinajstić information content (AvgIpc) is 2.46. The number of carbonyl (C=O) groups excluding carboxylic acids is 1. The van der Waals surface area contributed by atoms with Gasteiger partial charge in [-0.15, -0.1) is 0 Å². The second kappa shape index (κ2) is 7.88. The standard InChI is InChI=1S/C16H27N3O/c1-6-8-9-19(13(4)7-2)16(20)14-11-18-12(3)10-15(14)17-5/h10-11,13H,6-9H2,1-5H3,(H,17,18). The Bertz CT molecular complexity index is 445. The van der Waals surface area contributed by atoms with E-state index in [-0.39, 0.29) is 11.9 Å². The topological polar surface area (TPSA) is 45.2 Å². The van der Waals surface area contributed by atoms with Gasteiger partial charge in [0.05, 0.1) is 11.3 Å². The highest BCUT2D eigenvalue weighted by atomic mass is 16.2. The number of nitrogens with one attached hydrogen (secondary N) is 1. The van der Waals surface area contributed by atoms with Gasteiger partial charge in [0.2, 0.25) is 0 Å². The fourth-order valence-corrected chi connectivity index (χ4v) is 2.16. The Morgan fingerprint density at radius 1 is 1.45 bits per heavy atom. The lowest BCUT2D eigenvalue weighted by molar-refractivity contribution is 0.0686. The molecule has 4 nitrogen and oxygen atoms in total. The molecule has 1 N–H and O–H groups in total. The van der Waals surface area contributed by atoms with E-state index >= 15 is 0 Å². The fourth-order valence-electron chi connectivity index (χ4n) is 2.16. The molecule has 0 spiro atoms. The van der Waals surface area contributed by atoms with Crippen molar-refractivity contribution in [1.29, 1.82) is 0 Å². The molecule has 1 atom stereocenters. The Kier molecular flexibility index (Phi) is 6.49. The molecule has 20 heavy (non-hydrogen) atoms. The van der Waals surface area contributed by atoms with Crippen molar-refractivity contribution in [3.05, 3.63) is 23.5 Å². The molecule has 0 fully saturated rings. The van der Waals surface area contributed by atoms with Crippen LogP contribution in [0.3, 0.4) is 0 Å². The highest BCUT2D eigenvalue weighted by Crippen LogP contribution is 2.19. The van der Waals surface area contributed by atoms with Crippen LogP contribution in [0.15, 0.2) is 12.3 Å². The van der Waals surface area contributed by atoms with Crippen LogP contribution in [0.2, 0.25) is 0 Å². The molecule has 1 unspecified atom stereocenters. The van der Waals surface area contributed by atoms with E-state index in [1.165, 1.54) is 0 Å². The number of hydrogen-bond donors (Lipinski definition) is 1. The number of unbranched alkanes of at least 4 members (excludes halogenated alkanes) is 1. The molecule has 1 aromatic rings. The largest absolute Gasteiger partial charge is 0.387 e. The summed E-state index contributed by atoms with van der Waals surface area (Å²) in [4.78, 5) is 19.0. The maximum absolute atomic E-state index is 12.8. The van der Waals surface area contributed by atoms with Gasteiger partial charge in [-0.25, -0.2) is 0 Å². The summed E-state index contributed by atoms with van der Waals surface area (Å²) >= 11 is 0. The number of hydrogen-bond acceptors (Lipinski definition) is 3. The normalized spacial score (nSPS) is 12.1. The van der Waals surface area contributed by atoms with Gasteiger partial charge in [0.1, 0.15) is 0 Å². The molecule has 0 radical (unpaired) electrons. The Morgan fingerprint density at radius 2 is 2.15 bits per heavy atom. The zero-order valence-electron chi connectivity index (χ0n) is 13.4. The molecular weight excluding hydrogens is 250 g/mol. The summed E-state index contributed by atoms with van der Waals surface area (Å²) in [6, 6.07) is 2.17. The van der Waals surface area contributed by atoms with Crippen LogP contribution in [-0.4, -0.2) is 35.4 Å². The quantitative estimate of drug-likeness (QED) is 0.830. The lowest BCUT2D eigenvalue weighted by Crippen LogP contribution is -2.39. The minimum absolute atomic E-state index is 0.0738. The Morgan fingerprint density at radius 3 is 2.70 bits per heavy atom. The summed E-state index contributed by atoms with van der Waals surface area (Å²) in [6.07, 6.45) is 4.77. The van der Waals surface area contributed by atoms with E-state index in [0.717, 1.165) is 37.2 Å². The molecule has 112 valence electrons. The highest BCUT2D eigenvalue weighted by Gasteiger charge is 2.22. The zero-order chi connectivity index (χ0) is 15.1. The van der Waals surface area contributed by atoms with Crippen molar-refractivity contribution in [3.63, 3.8) is 0 Å². The molecule has 0 bridgehead atoms. The van der Waals surface area contributed by atoms with Crippen LogP contribution in [-0.2, 0) is 0 Å². The van der Waals surface area contributed by atoms with E-state index in [1.807, 2.05) is 24.9 Å². The summed E-state index contributed by atoms with van der Waals surface area (Å²) in [7, 11) is 1.84. The molecule has 0 saturated heterocycles. The Labute approximate surface area is 122 Å². The van der Waals surface area contributed by atoms with E-state index in [1.54, 1.807) is 6.20 Å². The average molecular weight is 277 g/mol.